The fraction of sp³-hybridized carbons (Fsp3) is 0.0455. The average molecular weight is 388 g/mol. The van der Waals surface area contributed by atoms with Crippen molar-refractivity contribution in [3.8, 4) is 22.7 Å². The Hall–Kier alpha value is -4.00. The quantitative estimate of drug-likeness (QED) is 0.552. The SMILES string of the molecule is COc1ccc(-c2cnnn2-c2ccc(NC(=O)c3ccccc3F)cc2)cc1. The first-order valence-electron chi connectivity index (χ1n) is 8.87. The van der Waals surface area contributed by atoms with Gasteiger partial charge in [0.2, 0.25) is 0 Å². The van der Waals surface area contributed by atoms with Gasteiger partial charge in [0.1, 0.15) is 11.6 Å². The Kier molecular flexibility index (Phi) is 5.03. The minimum Gasteiger partial charge on any atom is -0.497 e. The molecular weight excluding hydrogens is 371 g/mol. The van der Waals surface area contributed by atoms with Gasteiger partial charge in [-0.1, -0.05) is 17.3 Å². The zero-order valence-corrected chi connectivity index (χ0v) is 15.5. The maximum atomic E-state index is 13.8. The lowest BCUT2D eigenvalue weighted by Gasteiger charge is -2.09. The lowest BCUT2D eigenvalue weighted by atomic mass is 10.1. The van der Waals surface area contributed by atoms with Crippen molar-refractivity contribution in [3.63, 3.8) is 0 Å². The fourth-order valence-electron chi connectivity index (χ4n) is 2.91. The number of rotatable bonds is 5. The number of benzene rings is 3. The van der Waals surface area contributed by atoms with Gasteiger partial charge in [0, 0.05) is 11.3 Å². The first-order chi connectivity index (χ1) is 14.2. The number of aromatic nitrogens is 3. The number of hydrogen-bond donors (Lipinski definition) is 1. The van der Waals surface area contributed by atoms with E-state index >= 15 is 0 Å². The number of methoxy groups -OCH3 is 1. The molecule has 0 saturated carbocycles. The summed E-state index contributed by atoms with van der Waals surface area (Å²) in [6.07, 6.45) is 1.68. The molecule has 1 aromatic heterocycles. The number of halogens is 1. The number of nitrogens with zero attached hydrogens (tertiary/aromatic N) is 3. The molecule has 0 unspecified atom stereocenters. The predicted molar refractivity (Wildman–Crippen MR) is 108 cm³/mol. The van der Waals surface area contributed by atoms with Crippen LogP contribution >= 0.6 is 0 Å². The first-order valence-corrected chi connectivity index (χ1v) is 8.87. The highest BCUT2D eigenvalue weighted by Gasteiger charge is 2.12. The van der Waals surface area contributed by atoms with Crippen LogP contribution in [0.1, 0.15) is 10.4 Å². The molecule has 1 N–H and O–H groups in total. The van der Waals surface area contributed by atoms with Crippen molar-refractivity contribution in [2.24, 2.45) is 0 Å². The highest BCUT2D eigenvalue weighted by Crippen LogP contribution is 2.24. The van der Waals surface area contributed by atoms with E-state index in [-0.39, 0.29) is 5.56 Å². The van der Waals surface area contributed by atoms with Gasteiger partial charge < -0.3 is 10.1 Å². The van der Waals surface area contributed by atoms with Crippen molar-refractivity contribution in [3.05, 3.63) is 90.4 Å². The Morgan fingerprint density at radius 1 is 1.00 bits per heavy atom. The number of carbonyl (C=O) groups excluding carboxylic acids is 1. The lowest BCUT2D eigenvalue weighted by molar-refractivity contribution is 0.102. The molecule has 0 spiro atoms. The molecular formula is C22H17FN4O2. The summed E-state index contributed by atoms with van der Waals surface area (Å²) in [5.74, 6) is -0.299. The average Bonchev–Trinajstić information content (AvgIpc) is 3.24. The number of ether oxygens (including phenoxy) is 1. The topological polar surface area (TPSA) is 69.0 Å². The van der Waals surface area contributed by atoms with Crippen LogP contribution in [0.4, 0.5) is 10.1 Å². The number of carbonyl (C=O) groups is 1. The zero-order chi connectivity index (χ0) is 20.2. The summed E-state index contributed by atoms with van der Waals surface area (Å²) < 4.78 is 20.6. The molecule has 0 atom stereocenters. The number of anilines is 1. The van der Waals surface area contributed by atoms with E-state index in [2.05, 4.69) is 15.6 Å². The third kappa shape index (κ3) is 3.84. The highest BCUT2D eigenvalue weighted by atomic mass is 19.1. The second kappa shape index (κ2) is 7.93. The molecule has 0 saturated heterocycles. The maximum absolute atomic E-state index is 13.8. The molecule has 0 radical (unpaired) electrons. The summed E-state index contributed by atoms with van der Waals surface area (Å²) in [4.78, 5) is 12.3. The minimum atomic E-state index is -0.562. The number of nitrogens with one attached hydrogen (secondary N) is 1. The van der Waals surface area contributed by atoms with Crippen molar-refractivity contribution in [1.29, 1.82) is 0 Å². The smallest absolute Gasteiger partial charge is 0.258 e. The molecule has 1 heterocycles. The van der Waals surface area contributed by atoms with Crippen LogP contribution in [-0.4, -0.2) is 28.0 Å². The van der Waals surface area contributed by atoms with Crippen LogP contribution < -0.4 is 10.1 Å². The molecule has 0 aliphatic carbocycles. The lowest BCUT2D eigenvalue weighted by Crippen LogP contribution is -2.13. The van der Waals surface area contributed by atoms with Gasteiger partial charge in [-0.25, -0.2) is 9.07 Å². The van der Waals surface area contributed by atoms with Crippen molar-refractivity contribution in [2.45, 2.75) is 0 Å². The van der Waals surface area contributed by atoms with E-state index in [4.69, 9.17) is 4.74 Å². The summed E-state index contributed by atoms with van der Waals surface area (Å²) in [5, 5.41) is 10.9. The van der Waals surface area contributed by atoms with E-state index in [0.29, 0.717) is 5.69 Å². The molecule has 4 aromatic rings. The van der Waals surface area contributed by atoms with E-state index < -0.39 is 11.7 Å². The van der Waals surface area contributed by atoms with Gasteiger partial charge in [-0.15, -0.1) is 5.10 Å². The largest absolute Gasteiger partial charge is 0.497 e. The van der Waals surface area contributed by atoms with Crippen molar-refractivity contribution < 1.29 is 13.9 Å². The van der Waals surface area contributed by atoms with Crippen LogP contribution in [0.15, 0.2) is 79.0 Å². The Labute approximate surface area is 166 Å². The van der Waals surface area contributed by atoms with Crippen LogP contribution in [0.5, 0.6) is 5.75 Å². The number of hydrogen-bond acceptors (Lipinski definition) is 4. The molecule has 29 heavy (non-hydrogen) atoms. The van der Waals surface area contributed by atoms with Gasteiger partial charge in [0.25, 0.3) is 5.91 Å². The summed E-state index contributed by atoms with van der Waals surface area (Å²) in [6, 6.07) is 20.5. The molecule has 0 aliphatic heterocycles. The highest BCUT2D eigenvalue weighted by molar-refractivity contribution is 6.04. The molecule has 0 bridgehead atoms. The Morgan fingerprint density at radius 3 is 2.41 bits per heavy atom. The third-order valence-electron chi connectivity index (χ3n) is 4.42. The predicted octanol–water partition coefficient (Wildman–Crippen LogP) is 4.33. The van der Waals surface area contributed by atoms with E-state index in [1.165, 1.54) is 12.1 Å². The monoisotopic (exact) mass is 388 g/mol. The Balaban J connectivity index is 1.55. The zero-order valence-electron chi connectivity index (χ0n) is 15.5. The summed E-state index contributed by atoms with van der Waals surface area (Å²) in [7, 11) is 1.62. The molecule has 0 fully saturated rings. The molecule has 144 valence electrons. The summed E-state index contributed by atoms with van der Waals surface area (Å²) in [6.45, 7) is 0. The van der Waals surface area contributed by atoms with Crippen LogP contribution in [0.25, 0.3) is 16.9 Å². The number of amides is 1. The van der Waals surface area contributed by atoms with E-state index in [0.717, 1.165) is 22.7 Å². The third-order valence-corrected chi connectivity index (χ3v) is 4.42. The molecule has 4 rings (SSSR count). The van der Waals surface area contributed by atoms with Crippen LogP contribution in [0, 0.1) is 5.82 Å². The summed E-state index contributed by atoms with van der Waals surface area (Å²) in [5.41, 5.74) is 3.07. The van der Waals surface area contributed by atoms with E-state index in [9.17, 15) is 9.18 Å². The van der Waals surface area contributed by atoms with Crippen LogP contribution in [0.2, 0.25) is 0 Å². The fourth-order valence-corrected chi connectivity index (χ4v) is 2.91. The van der Waals surface area contributed by atoms with Crippen LogP contribution in [0.3, 0.4) is 0 Å². The Morgan fingerprint density at radius 2 is 1.72 bits per heavy atom. The van der Waals surface area contributed by atoms with Gasteiger partial charge in [-0.05, 0) is 60.7 Å². The second-order valence-electron chi connectivity index (χ2n) is 6.24. The van der Waals surface area contributed by atoms with Crippen molar-refractivity contribution in [2.75, 3.05) is 12.4 Å². The normalized spacial score (nSPS) is 10.6. The van der Waals surface area contributed by atoms with Gasteiger partial charge in [-0.3, -0.25) is 4.79 Å². The van der Waals surface area contributed by atoms with E-state index in [1.807, 2.05) is 24.3 Å². The standard InChI is InChI=1S/C22H17FN4O2/c1-29-18-12-6-15(7-13-18)21-14-24-26-27(21)17-10-8-16(9-11-17)25-22(28)19-4-2-3-5-20(19)23/h2-14H,1H3,(H,25,28). The van der Waals surface area contributed by atoms with Crippen molar-refractivity contribution >= 4 is 11.6 Å². The molecule has 0 aliphatic rings. The maximum Gasteiger partial charge on any atom is 0.258 e. The van der Waals surface area contributed by atoms with Crippen molar-refractivity contribution in [1.82, 2.24) is 15.0 Å². The Bertz CT molecular complexity index is 1140. The van der Waals surface area contributed by atoms with Crippen LogP contribution in [-0.2, 0) is 0 Å². The minimum absolute atomic E-state index is 0.00496. The van der Waals surface area contributed by atoms with E-state index in [1.54, 1.807) is 54.4 Å². The van der Waals surface area contributed by atoms with Gasteiger partial charge >= 0.3 is 0 Å². The van der Waals surface area contributed by atoms with Gasteiger partial charge in [-0.2, -0.15) is 0 Å². The molecule has 1 amide bonds. The molecule has 6 nitrogen and oxygen atoms in total. The van der Waals surface area contributed by atoms with Gasteiger partial charge in [0.05, 0.1) is 30.3 Å². The molecule has 3 aromatic carbocycles. The van der Waals surface area contributed by atoms with Gasteiger partial charge in [0.15, 0.2) is 0 Å². The summed E-state index contributed by atoms with van der Waals surface area (Å²) >= 11 is 0. The molecule has 7 heteroatoms. The first kappa shape index (κ1) is 18.4. The second-order valence-corrected chi connectivity index (χ2v) is 6.24.